The van der Waals surface area contributed by atoms with Gasteiger partial charge in [0.1, 0.15) is 0 Å². The van der Waals surface area contributed by atoms with Gasteiger partial charge < -0.3 is 10.2 Å². The fourth-order valence-electron chi connectivity index (χ4n) is 2.99. The van der Waals surface area contributed by atoms with Gasteiger partial charge in [0.15, 0.2) is 0 Å². The number of anilines is 1. The molecule has 2 aromatic rings. The van der Waals surface area contributed by atoms with Gasteiger partial charge in [-0.2, -0.15) is 0 Å². The second kappa shape index (κ2) is 4.45. The predicted molar refractivity (Wildman–Crippen MR) is 76.6 cm³/mol. The minimum atomic E-state index is -0.00569. The van der Waals surface area contributed by atoms with E-state index in [0.29, 0.717) is 19.0 Å². The monoisotopic (exact) mass is 268 g/mol. The Morgan fingerprint density at radius 2 is 2.00 bits per heavy atom. The van der Waals surface area contributed by atoms with E-state index < -0.39 is 0 Å². The van der Waals surface area contributed by atoms with Crippen molar-refractivity contribution in [2.24, 2.45) is 0 Å². The van der Waals surface area contributed by atoms with Gasteiger partial charge in [-0.1, -0.05) is 24.3 Å². The van der Waals surface area contributed by atoms with Gasteiger partial charge in [0.05, 0.1) is 11.3 Å². The van der Waals surface area contributed by atoms with Crippen molar-refractivity contribution >= 4 is 5.95 Å². The predicted octanol–water partition coefficient (Wildman–Crippen LogP) is 0.936. The molecule has 1 aromatic carbocycles. The lowest BCUT2D eigenvalue weighted by atomic mass is 10.0. The SMILES string of the molecule is O=c1[nH]c(N2CCc3ccccc3C2)nc2c1CNC2. The van der Waals surface area contributed by atoms with Crippen LogP contribution in [0.15, 0.2) is 29.1 Å². The second-order valence-electron chi connectivity index (χ2n) is 5.36. The van der Waals surface area contributed by atoms with Crippen LogP contribution in [0.4, 0.5) is 5.95 Å². The fraction of sp³-hybridized carbons (Fsp3) is 0.333. The first-order valence-corrected chi connectivity index (χ1v) is 6.96. The van der Waals surface area contributed by atoms with Crippen LogP contribution in [0.25, 0.3) is 0 Å². The number of nitrogens with zero attached hydrogens (tertiary/aromatic N) is 2. The first-order chi connectivity index (χ1) is 9.81. The molecular formula is C15H16N4O. The third-order valence-electron chi connectivity index (χ3n) is 4.11. The van der Waals surface area contributed by atoms with Crippen molar-refractivity contribution in [1.29, 1.82) is 0 Å². The van der Waals surface area contributed by atoms with E-state index in [-0.39, 0.29) is 5.56 Å². The van der Waals surface area contributed by atoms with E-state index in [9.17, 15) is 4.79 Å². The summed E-state index contributed by atoms with van der Waals surface area (Å²) < 4.78 is 0. The van der Waals surface area contributed by atoms with Crippen LogP contribution in [0.2, 0.25) is 0 Å². The maximum Gasteiger partial charge on any atom is 0.257 e. The highest BCUT2D eigenvalue weighted by atomic mass is 16.1. The zero-order chi connectivity index (χ0) is 13.5. The van der Waals surface area contributed by atoms with Crippen LogP contribution in [0.1, 0.15) is 22.4 Å². The molecule has 5 heteroatoms. The topological polar surface area (TPSA) is 61.0 Å². The summed E-state index contributed by atoms with van der Waals surface area (Å²) in [7, 11) is 0. The van der Waals surface area contributed by atoms with Gasteiger partial charge in [0.2, 0.25) is 5.95 Å². The maximum atomic E-state index is 12.1. The van der Waals surface area contributed by atoms with Crippen molar-refractivity contribution in [1.82, 2.24) is 15.3 Å². The van der Waals surface area contributed by atoms with Crippen LogP contribution < -0.4 is 15.8 Å². The van der Waals surface area contributed by atoms with E-state index in [1.165, 1.54) is 11.1 Å². The van der Waals surface area contributed by atoms with Crippen molar-refractivity contribution < 1.29 is 0 Å². The Kier molecular flexibility index (Phi) is 2.60. The molecule has 0 bridgehead atoms. The van der Waals surface area contributed by atoms with Crippen molar-refractivity contribution in [2.75, 3.05) is 11.4 Å². The van der Waals surface area contributed by atoms with Gasteiger partial charge in [-0.25, -0.2) is 4.98 Å². The molecule has 3 heterocycles. The standard InChI is InChI=1S/C15H16N4O/c20-14-12-7-16-8-13(12)17-15(18-14)19-6-5-10-3-1-2-4-11(10)9-19/h1-4,16H,5-9H2,(H,17,18,20). The highest BCUT2D eigenvalue weighted by Gasteiger charge is 2.21. The van der Waals surface area contributed by atoms with Crippen LogP contribution in [0.5, 0.6) is 0 Å². The zero-order valence-electron chi connectivity index (χ0n) is 11.1. The molecule has 0 spiro atoms. The Morgan fingerprint density at radius 3 is 2.90 bits per heavy atom. The lowest BCUT2D eigenvalue weighted by molar-refractivity contribution is 0.701. The van der Waals surface area contributed by atoms with E-state index >= 15 is 0 Å². The molecule has 0 radical (unpaired) electrons. The van der Waals surface area contributed by atoms with Crippen LogP contribution >= 0.6 is 0 Å². The van der Waals surface area contributed by atoms with Gasteiger partial charge in [0.25, 0.3) is 5.56 Å². The number of aromatic nitrogens is 2. The van der Waals surface area contributed by atoms with Crippen molar-refractivity contribution in [3.8, 4) is 0 Å². The molecule has 102 valence electrons. The molecule has 2 aliphatic rings. The molecule has 0 fully saturated rings. The molecule has 0 saturated heterocycles. The average Bonchev–Trinajstić information content (AvgIpc) is 2.96. The summed E-state index contributed by atoms with van der Waals surface area (Å²) in [6.07, 6.45) is 0.995. The molecule has 0 amide bonds. The minimum Gasteiger partial charge on any atom is -0.338 e. The zero-order valence-corrected chi connectivity index (χ0v) is 11.1. The number of H-pyrrole nitrogens is 1. The van der Waals surface area contributed by atoms with Crippen molar-refractivity contribution in [2.45, 2.75) is 26.1 Å². The summed E-state index contributed by atoms with van der Waals surface area (Å²) in [4.78, 5) is 21.8. The smallest absolute Gasteiger partial charge is 0.257 e. The highest BCUT2D eigenvalue weighted by molar-refractivity contribution is 5.41. The normalized spacial score (nSPS) is 16.9. The van der Waals surface area contributed by atoms with E-state index in [1.807, 2.05) is 0 Å². The minimum absolute atomic E-state index is 0.00569. The molecular weight excluding hydrogens is 252 g/mol. The lowest BCUT2D eigenvalue weighted by Gasteiger charge is -2.29. The molecule has 1 aromatic heterocycles. The van der Waals surface area contributed by atoms with Gasteiger partial charge >= 0.3 is 0 Å². The van der Waals surface area contributed by atoms with Crippen molar-refractivity contribution in [3.05, 3.63) is 57.0 Å². The number of fused-ring (bicyclic) bond motifs is 2. The lowest BCUT2D eigenvalue weighted by Crippen LogP contribution is -2.33. The highest BCUT2D eigenvalue weighted by Crippen LogP contribution is 2.22. The van der Waals surface area contributed by atoms with Gasteiger partial charge in [-0.05, 0) is 17.5 Å². The summed E-state index contributed by atoms with van der Waals surface area (Å²) in [5, 5.41) is 3.17. The fourth-order valence-corrected chi connectivity index (χ4v) is 2.99. The van der Waals surface area contributed by atoms with Crippen LogP contribution in [0.3, 0.4) is 0 Å². The maximum absolute atomic E-state index is 12.1. The van der Waals surface area contributed by atoms with E-state index in [2.05, 4.69) is 44.5 Å². The third kappa shape index (κ3) is 1.82. The van der Waals surface area contributed by atoms with Gasteiger partial charge in [-0.15, -0.1) is 0 Å². The van der Waals surface area contributed by atoms with E-state index in [0.717, 1.165) is 30.8 Å². The second-order valence-corrected chi connectivity index (χ2v) is 5.36. The average molecular weight is 268 g/mol. The van der Waals surface area contributed by atoms with Crippen LogP contribution in [-0.4, -0.2) is 16.5 Å². The molecule has 2 aliphatic heterocycles. The molecule has 5 nitrogen and oxygen atoms in total. The summed E-state index contributed by atoms with van der Waals surface area (Å²) >= 11 is 0. The van der Waals surface area contributed by atoms with Gasteiger partial charge in [-0.3, -0.25) is 9.78 Å². The molecule has 0 atom stereocenters. The number of nitrogens with one attached hydrogen (secondary N) is 2. The molecule has 20 heavy (non-hydrogen) atoms. The number of hydrogen-bond acceptors (Lipinski definition) is 4. The van der Waals surface area contributed by atoms with Crippen molar-refractivity contribution in [3.63, 3.8) is 0 Å². The summed E-state index contributed by atoms with van der Waals surface area (Å²) in [6.45, 7) is 3.02. The Morgan fingerprint density at radius 1 is 1.15 bits per heavy atom. The molecule has 0 saturated carbocycles. The molecule has 2 N–H and O–H groups in total. The Labute approximate surface area is 116 Å². The first-order valence-electron chi connectivity index (χ1n) is 6.96. The van der Waals surface area contributed by atoms with Crippen LogP contribution in [0, 0.1) is 0 Å². The quantitative estimate of drug-likeness (QED) is 0.808. The van der Waals surface area contributed by atoms with Crippen LogP contribution in [-0.2, 0) is 26.1 Å². The number of hydrogen-bond donors (Lipinski definition) is 2. The number of rotatable bonds is 1. The molecule has 0 aliphatic carbocycles. The summed E-state index contributed by atoms with van der Waals surface area (Å²) in [5.74, 6) is 0.701. The van der Waals surface area contributed by atoms with Gasteiger partial charge in [0, 0.05) is 26.2 Å². The van der Waals surface area contributed by atoms with E-state index in [4.69, 9.17) is 0 Å². The van der Waals surface area contributed by atoms with E-state index in [1.54, 1.807) is 0 Å². The summed E-state index contributed by atoms with van der Waals surface area (Å²) in [6, 6.07) is 8.46. The Bertz CT molecular complexity index is 722. The third-order valence-corrected chi connectivity index (χ3v) is 4.11. The Hall–Kier alpha value is -2.14. The number of aromatic amines is 1. The summed E-state index contributed by atoms with van der Waals surface area (Å²) in [5.41, 5.74) is 4.39. The number of benzene rings is 1. The largest absolute Gasteiger partial charge is 0.338 e. The Balaban J connectivity index is 1.70. The first kappa shape index (κ1) is 11.7. The molecule has 0 unspecified atom stereocenters. The molecule has 4 rings (SSSR count).